The Balaban J connectivity index is 1.78. The predicted octanol–water partition coefficient (Wildman–Crippen LogP) is 2.59. The Bertz CT molecular complexity index is 887. The van der Waals surface area contributed by atoms with Gasteiger partial charge in [-0.15, -0.1) is 0 Å². The molecule has 1 saturated heterocycles. The number of halogens is 2. The zero-order chi connectivity index (χ0) is 21.7. The zero-order valence-electron chi connectivity index (χ0n) is 17.1. The monoisotopic (exact) mass is 436 g/mol. The highest BCUT2D eigenvalue weighted by Crippen LogP contribution is 2.24. The van der Waals surface area contributed by atoms with E-state index in [1.165, 1.54) is 12.4 Å². The van der Waals surface area contributed by atoms with Crippen LogP contribution < -0.4 is 14.9 Å². The van der Waals surface area contributed by atoms with Gasteiger partial charge in [-0.25, -0.2) is 23.7 Å². The molecule has 0 aliphatic carbocycles. The molecule has 0 radical (unpaired) electrons. The van der Waals surface area contributed by atoms with Gasteiger partial charge in [0.2, 0.25) is 0 Å². The molecule has 0 amide bonds. The van der Waals surface area contributed by atoms with Crippen LogP contribution in [0.3, 0.4) is 0 Å². The van der Waals surface area contributed by atoms with E-state index in [0.717, 1.165) is 25.0 Å². The molecule has 2 aromatic rings. The number of alkyl halides is 2. The number of hydrogen-bond acceptors (Lipinski definition) is 8. The molecule has 0 saturated carbocycles. The second kappa shape index (κ2) is 10.1. The smallest absolute Gasteiger partial charge is 0.279 e. The molecule has 3 rings (SSSR count). The number of H-pyrrole nitrogens is 1. The molecule has 162 valence electrons. The molecule has 0 aromatic carbocycles. The molecular formula is C19H26F2N8S. The second-order valence-corrected chi connectivity index (χ2v) is 7.85. The lowest BCUT2D eigenvalue weighted by molar-refractivity contribution is 0.226. The Hall–Kier alpha value is -2.37. The van der Waals surface area contributed by atoms with Crippen molar-refractivity contribution < 1.29 is 8.78 Å². The van der Waals surface area contributed by atoms with Crippen LogP contribution in [0.4, 0.5) is 14.6 Å². The number of allylic oxidation sites excluding steroid dienone is 1. The van der Waals surface area contributed by atoms with Crippen molar-refractivity contribution in [3.63, 3.8) is 0 Å². The fourth-order valence-corrected chi connectivity index (χ4v) is 3.73. The van der Waals surface area contributed by atoms with Gasteiger partial charge in [-0.2, -0.15) is 0 Å². The van der Waals surface area contributed by atoms with Crippen LogP contribution >= 0.6 is 11.9 Å². The maximum atomic E-state index is 12.4. The van der Waals surface area contributed by atoms with E-state index >= 15 is 0 Å². The predicted molar refractivity (Wildman–Crippen MR) is 117 cm³/mol. The first-order valence-corrected chi connectivity index (χ1v) is 10.8. The fraction of sp³-hybridized carbons (Fsp3) is 0.474. The van der Waals surface area contributed by atoms with E-state index in [2.05, 4.69) is 48.7 Å². The minimum Gasteiger partial charge on any atom is -0.351 e. The quantitative estimate of drug-likeness (QED) is 0.372. The van der Waals surface area contributed by atoms with Gasteiger partial charge in [0.15, 0.2) is 0 Å². The van der Waals surface area contributed by atoms with Crippen molar-refractivity contribution >= 4 is 29.6 Å². The summed E-state index contributed by atoms with van der Waals surface area (Å²) in [4.78, 5) is 18.3. The Morgan fingerprint density at radius 1 is 1.40 bits per heavy atom. The first-order valence-electron chi connectivity index (χ1n) is 9.59. The van der Waals surface area contributed by atoms with E-state index in [9.17, 15) is 8.78 Å². The molecule has 8 nitrogen and oxygen atoms in total. The van der Waals surface area contributed by atoms with Gasteiger partial charge in [-0.05, 0) is 32.3 Å². The Kier molecular flexibility index (Phi) is 7.51. The van der Waals surface area contributed by atoms with Gasteiger partial charge in [0.05, 0.1) is 23.3 Å². The standard InChI is InChI=1S/C19H26F2N8S/c1-11-9-29(12(2)15(27-11)8-26-30-3)18-6-14(24-10-25-18)16-7-23-17(28-16)5-4-13(22)19(20)21/h4-7,10-12,15,19,22,26-27H,8-9H2,1-3H3,(H,23,28)/b5-4-,22-13?. The minimum absolute atomic E-state index is 0.226. The van der Waals surface area contributed by atoms with Crippen LogP contribution in [0.1, 0.15) is 19.7 Å². The third kappa shape index (κ3) is 5.41. The maximum absolute atomic E-state index is 12.4. The molecule has 3 atom stereocenters. The van der Waals surface area contributed by atoms with Gasteiger partial charge >= 0.3 is 0 Å². The van der Waals surface area contributed by atoms with Crippen LogP contribution in [0.5, 0.6) is 0 Å². The molecule has 2 aromatic heterocycles. The Morgan fingerprint density at radius 3 is 2.93 bits per heavy atom. The van der Waals surface area contributed by atoms with Crippen molar-refractivity contribution in [1.82, 2.24) is 30.0 Å². The van der Waals surface area contributed by atoms with E-state index < -0.39 is 12.1 Å². The van der Waals surface area contributed by atoms with E-state index in [4.69, 9.17) is 5.41 Å². The van der Waals surface area contributed by atoms with Crippen molar-refractivity contribution in [2.24, 2.45) is 0 Å². The molecule has 0 bridgehead atoms. The second-order valence-electron chi connectivity index (χ2n) is 7.15. The molecule has 3 heterocycles. The largest absolute Gasteiger partial charge is 0.351 e. The molecule has 1 aliphatic rings. The molecule has 30 heavy (non-hydrogen) atoms. The molecule has 1 aliphatic heterocycles. The number of piperazine rings is 1. The summed E-state index contributed by atoms with van der Waals surface area (Å²) in [6.07, 6.45) is 4.69. The third-order valence-corrected chi connectivity index (χ3v) is 5.42. The number of nitrogens with one attached hydrogen (secondary N) is 4. The molecule has 4 N–H and O–H groups in total. The average molecular weight is 437 g/mol. The number of rotatable bonds is 8. The van der Waals surface area contributed by atoms with Gasteiger partial charge in [0.1, 0.15) is 18.0 Å². The fourth-order valence-electron chi connectivity index (χ4n) is 3.39. The van der Waals surface area contributed by atoms with Gasteiger partial charge in [0, 0.05) is 37.3 Å². The van der Waals surface area contributed by atoms with Crippen molar-refractivity contribution in [1.29, 1.82) is 5.41 Å². The summed E-state index contributed by atoms with van der Waals surface area (Å²) in [6.45, 7) is 5.98. The lowest BCUT2D eigenvalue weighted by Crippen LogP contribution is -2.63. The molecule has 11 heteroatoms. The van der Waals surface area contributed by atoms with E-state index in [-0.39, 0.29) is 12.1 Å². The van der Waals surface area contributed by atoms with E-state index in [1.807, 2.05) is 12.3 Å². The maximum Gasteiger partial charge on any atom is 0.279 e. The number of aromatic nitrogens is 4. The molecule has 1 fully saturated rings. The summed E-state index contributed by atoms with van der Waals surface area (Å²) in [7, 11) is 0. The number of hydrogen-bond donors (Lipinski definition) is 4. The van der Waals surface area contributed by atoms with Crippen LogP contribution in [0, 0.1) is 5.41 Å². The SMILES string of the molecule is CSNCC1NC(C)CN(c2cc(-c3cnc(/C=C\C(=N)C(F)F)[nH]3)ncn2)C1C. The highest BCUT2D eigenvalue weighted by atomic mass is 32.2. The minimum atomic E-state index is -2.81. The number of imidazole rings is 1. The Labute approximate surface area is 178 Å². The van der Waals surface area contributed by atoms with Crippen molar-refractivity contribution in [3.05, 3.63) is 30.5 Å². The first-order chi connectivity index (χ1) is 14.4. The normalized spacial score (nSPS) is 22.2. The lowest BCUT2D eigenvalue weighted by atomic mass is 10.0. The number of nitrogens with zero attached hydrogens (tertiary/aromatic N) is 4. The summed E-state index contributed by atoms with van der Waals surface area (Å²) < 4.78 is 28.2. The van der Waals surface area contributed by atoms with Crippen LogP contribution in [0.2, 0.25) is 0 Å². The first kappa shape index (κ1) is 22.3. The highest BCUT2D eigenvalue weighted by molar-refractivity contribution is 7.96. The number of aromatic amines is 1. The molecule has 3 unspecified atom stereocenters. The summed E-state index contributed by atoms with van der Waals surface area (Å²) in [5.41, 5.74) is 0.552. The van der Waals surface area contributed by atoms with Crippen LogP contribution in [0.15, 0.2) is 24.7 Å². The summed E-state index contributed by atoms with van der Waals surface area (Å²) >= 11 is 1.60. The lowest BCUT2D eigenvalue weighted by Gasteiger charge is -2.44. The van der Waals surface area contributed by atoms with E-state index in [1.54, 1.807) is 18.1 Å². The zero-order valence-corrected chi connectivity index (χ0v) is 17.9. The van der Waals surface area contributed by atoms with Gasteiger partial charge in [-0.3, -0.25) is 10.1 Å². The van der Waals surface area contributed by atoms with Crippen molar-refractivity contribution in [2.75, 3.05) is 24.2 Å². The summed E-state index contributed by atoms with van der Waals surface area (Å²) in [5, 5.41) is 10.8. The van der Waals surface area contributed by atoms with Crippen LogP contribution in [0.25, 0.3) is 17.5 Å². The van der Waals surface area contributed by atoms with Crippen LogP contribution in [-0.2, 0) is 0 Å². The van der Waals surface area contributed by atoms with Gasteiger partial charge < -0.3 is 15.2 Å². The van der Waals surface area contributed by atoms with Gasteiger partial charge in [-0.1, -0.05) is 11.9 Å². The summed E-state index contributed by atoms with van der Waals surface area (Å²) in [6, 6.07) is 2.70. The van der Waals surface area contributed by atoms with Crippen LogP contribution in [-0.4, -0.2) is 69.5 Å². The van der Waals surface area contributed by atoms with Crippen molar-refractivity contribution in [3.8, 4) is 11.4 Å². The summed E-state index contributed by atoms with van der Waals surface area (Å²) in [5.74, 6) is 1.20. The van der Waals surface area contributed by atoms with Crippen molar-refractivity contribution in [2.45, 2.75) is 38.4 Å². The third-order valence-electron chi connectivity index (χ3n) is 4.96. The average Bonchev–Trinajstić information content (AvgIpc) is 3.21. The number of anilines is 1. The molecular weight excluding hydrogens is 410 g/mol. The molecule has 0 spiro atoms. The van der Waals surface area contributed by atoms with Gasteiger partial charge in [0.25, 0.3) is 6.43 Å². The highest BCUT2D eigenvalue weighted by Gasteiger charge is 2.31. The topological polar surface area (TPSA) is 106 Å². The van der Waals surface area contributed by atoms with E-state index in [0.29, 0.717) is 23.3 Å². The Morgan fingerprint density at radius 2 is 2.20 bits per heavy atom.